The second kappa shape index (κ2) is 8.35. The summed E-state index contributed by atoms with van der Waals surface area (Å²) < 4.78 is 12.6. The van der Waals surface area contributed by atoms with E-state index < -0.39 is 0 Å². The van der Waals surface area contributed by atoms with E-state index in [1.807, 2.05) is 35.1 Å². The zero-order valence-corrected chi connectivity index (χ0v) is 14.6. The van der Waals surface area contributed by atoms with Gasteiger partial charge in [0.1, 0.15) is 11.5 Å². The summed E-state index contributed by atoms with van der Waals surface area (Å²) >= 11 is 0. The van der Waals surface area contributed by atoms with Crippen molar-refractivity contribution >= 4 is 0 Å². The van der Waals surface area contributed by atoms with Crippen LogP contribution in [-0.4, -0.2) is 24.0 Å². The van der Waals surface area contributed by atoms with Crippen LogP contribution in [0.3, 0.4) is 0 Å². The number of nitrogens with one attached hydrogen (secondary N) is 1. The summed E-state index contributed by atoms with van der Waals surface area (Å²) in [5.41, 5.74) is 3.60. The third-order valence-electron chi connectivity index (χ3n) is 4.03. The molecule has 0 saturated carbocycles. The first-order chi connectivity index (χ1) is 12.3. The molecule has 0 radical (unpaired) electrons. The van der Waals surface area contributed by atoms with E-state index in [1.54, 1.807) is 20.4 Å². The van der Waals surface area contributed by atoms with E-state index in [9.17, 15) is 0 Å². The van der Waals surface area contributed by atoms with Crippen molar-refractivity contribution in [2.75, 3.05) is 14.2 Å². The molecule has 0 aliphatic rings. The Labute approximate surface area is 148 Å². The number of hydrogen-bond donors (Lipinski definition) is 1. The van der Waals surface area contributed by atoms with Gasteiger partial charge in [-0.1, -0.05) is 30.3 Å². The highest BCUT2D eigenvalue weighted by molar-refractivity contribution is 5.40. The maximum atomic E-state index is 5.44. The van der Waals surface area contributed by atoms with Crippen molar-refractivity contribution < 1.29 is 9.47 Å². The number of methoxy groups -OCH3 is 2. The molecular formula is C20H23N3O2. The number of benzene rings is 2. The number of ether oxygens (including phenoxy) is 2. The van der Waals surface area contributed by atoms with Gasteiger partial charge in [0.05, 0.1) is 20.8 Å². The molecule has 0 unspecified atom stereocenters. The van der Waals surface area contributed by atoms with Gasteiger partial charge >= 0.3 is 0 Å². The van der Waals surface area contributed by atoms with Crippen LogP contribution in [0.5, 0.6) is 11.5 Å². The van der Waals surface area contributed by atoms with Crippen molar-refractivity contribution in [2.24, 2.45) is 0 Å². The quantitative estimate of drug-likeness (QED) is 0.685. The lowest BCUT2D eigenvalue weighted by atomic mass is 10.1. The highest BCUT2D eigenvalue weighted by Crippen LogP contribution is 2.24. The van der Waals surface area contributed by atoms with E-state index in [-0.39, 0.29) is 0 Å². The smallest absolute Gasteiger partial charge is 0.127 e. The second-order valence-electron chi connectivity index (χ2n) is 5.80. The molecule has 1 N–H and O–H groups in total. The van der Waals surface area contributed by atoms with E-state index in [0.29, 0.717) is 0 Å². The predicted molar refractivity (Wildman–Crippen MR) is 97.9 cm³/mol. The summed E-state index contributed by atoms with van der Waals surface area (Å²) in [5.74, 6) is 1.63. The van der Waals surface area contributed by atoms with Crippen LogP contribution in [0.2, 0.25) is 0 Å². The van der Waals surface area contributed by atoms with Crippen LogP contribution in [0.25, 0.3) is 0 Å². The maximum Gasteiger partial charge on any atom is 0.127 e. The van der Waals surface area contributed by atoms with Crippen LogP contribution < -0.4 is 14.8 Å². The molecule has 0 saturated heterocycles. The first kappa shape index (κ1) is 17.0. The molecular weight excluding hydrogens is 314 g/mol. The van der Waals surface area contributed by atoms with Gasteiger partial charge < -0.3 is 14.8 Å². The van der Waals surface area contributed by atoms with E-state index in [4.69, 9.17) is 9.47 Å². The molecule has 0 aliphatic heterocycles. The highest BCUT2D eigenvalue weighted by Gasteiger charge is 2.05. The minimum Gasteiger partial charge on any atom is -0.497 e. The van der Waals surface area contributed by atoms with Crippen LogP contribution in [-0.2, 0) is 19.6 Å². The van der Waals surface area contributed by atoms with E-state index in [2.05, 4.69) is 34.7 Å². The maximum absolute atomic E-state index is 5.44. The normalized spacial score (nSPS) is 10.6. The Morgan fingerprint density at radius 2 is 1.84 bits per heavy atom. The molecule has 0 amide bonds. The van der Waals surface area contributed by atoms with Gasteiger partial charge in [-0.25, -0.2) is 0 Å². The van der Waals surface area contributed by atoms with Crippen molar-refractivity contribution in [3.63, 3.8) is 0 Å². The average molecular weight is 337 g/mol. The van der Waals surface area contributed by atoms with Gasteiger partial charge in [-0.3, -0.25) is 4.68 Å². The lowest BCUT2D eigenvalue weighted by Gasteiger charge is -2.12. The molecule has 25 heavy (non-hydrogen) atoms. The molecule has 0 bridgehead atoms. The topological polar surface area (TPSA) is 48.3 Å². The third-order valence-corrected chi connectivity index (χ3v) is 4.03. The van der Waals surface area contributed by atoms with E-state index in [0.717, 1.165) is 36.7 Å². The van der Waals surface area contributed by atoms with E-state index >= 15 is 0 Å². The minimum absolute atomic E-state index is 0.733. The first-order valence-electron chi connectivity index (χ1n) is 8.25. The summed E-state index contributed by atoms with van der Waals surface area (Å²) in [4.78, 5) is 0. The summed E-state index contributed by atoms with van der Waals surface area (Å²) in [6.07, 6.45) is 3.77. The Hall–Kier alpha value is -2.79. The summed E-state index contributed by atoms with van der Waals surface area (Å²) in [6.45, 7) is 2.31. The Morgan fingerprint density at radius 3 is 2.60 bits per heavy atom. The van der Waals surface area contributed by atoms with Gasteiger partial charge in [0, 0.05) is 37.1 Å². The van der Waals surface area contributed by atoms with Crippen LogP contribution in [0.4, 0.5) is 0 Å². The molecule has 0 spiro atoms. The Morgan fingerprint density at radius 1 is 0.960 bits per heavy atom. The SMILES string of the molecule is COc1ccc(CNCc2cccc(Cn3cccn3)c2)c(OC)c1. The van der Waals surface area contributed by atoms with E-state index in [1.165, 1.54) is 11.1 Å². The standard InChI is InChI=1S/C20H23N3O2/c1-24-19-8-7-18(20(12-19)25-2)14-21-13-16-5-3-6-17(11-16)15-23-10-4-9-22-23/h3-12,21H,13-15H2,1-2H3. The molecule has 3 aromatic rings. The van der Waals surface area contributed by atoms with Crippen molar-refractivity contribution in [3.8, 4) is 11.5 Å². The van der Waals surface area contributed by atoms with Crippen molar-refractivity contribution in [3.05, 3.63) is 77.6 Å². The Bertz CT molecular complexity index is 800. The van der Waals surface area contributed by atoms with Gasteiger partial charge in [-0.2, -0.15) is 5.10 Å². The molecule has 5 heteroatoms. The Balaban J connectivity index is 1.59. The molecule has 0 fully saturated rings. The van der Waals surface area contributed by atoms with Gasteiger partial charge in [0.15, 0.2) is 0 Å². The largest absolute Gasteiger partial charge is 0.497 e. The second-order valence-corrected chi connectivity index (χ2v) is 5.80. The van der Waals surface area contributed by atoms with Gasteiger partial charge in [0.2, 0.25) is 0 Å². The Kier molecular flexibility index (Phi) is 5.69. The van der Waals surface area contributed by atoms with Crippen molar-refractivity contribution in [1.82, 2.24) is 15.1 Å². The molecule has 130 valence electrons. The van der Waals surface area contributed by atoms with Crippen molar-refractivity contribution in [2.45, 2.75) is 19.6 Å². The van der Waals surface area contributed by atoms with Gasteiger partial charge in [0.25, 0.3) is 0 Å². The molecule has 0 atom stereocenters. The summed E-state index contributed by atoms with van der Waals surface area (Å²) in [7, 11) is 3.33. The molecule has 5 nitrogen and oxygen atoms in total. The predicted octanol–water partition coefficient (Wildman–Crippen LogP) is 3.24. The zero-order valence-electron chi connectivity index (χ0n) is 14.6. The number of nitrogens with zero attached hydrogens (tertiary/aromatic N) is 2. The summed E-state index contributed by atoms with van der Waals surface area (Å²) in [6, 6.07) is 16.4. The molecule has 0 aliphatic carbocycles. The fraction of sp³-hybridized carbons (Fsp3) is 0.250. The average Bonchev–Trinajstić information content (AvgIpc) is 3.15. The fourth-order valence-electron chi connectivity index (χ4n) is 2.76. The monoisotopic (exact) mass is 337 g/mol. The zero-order chi connectivity index (χ0) is 17.5. The van der Waals surface area contributed by atoms with Crippen molar-refractivity contribution in [1.29, 1.82) is 0 Å². The van der Waals surface area contributed by atoms with Crippen LogP contribution in [0, 0.1) is 0 Å². The number of aromatic nitrogens is 2. The number of rotatable bonds is 8. The molecule has 3 rings (SSSR count). The molecule has 2 aromatic carbocycles. The highest BCUT2D eigenvalue weighted by atomic mass is 16.5. The van der Waals surface area contributed by atoms with Crippen LogP contribution in [0.15, 0.2) is 60.9 Å². The van der Waals surface area contributed by atoms with Crippen LogP contribution in [0.1, 0.15) is 16.7 Å². The fourth-order valence-corrected chi connectivity index (χ4v) is 2.76. The lowest BCUT2D eigenvalue weighted by Crippen LogP contribution is -2.13. The molecule has 1 heterocycles. The minimum atomic E-state index is 0.733. The van der Waals surface area contributed by atoms with Gasteiger partial charge in [-0.15, -0.1) is 0 Å². The van der Waals surface area contributed by atoms with Crippen LogP contribution >= 0.6 is 0 Å². The third kappa shape index (κ3) is 4.61. The summed E-state index contributed by atoms with van der Waals surface area (Å²) in [5, 5.41) is 7.73. The lowest BCUT2D eigenvalue weighted by molar-refractivity contribution is 0.390. The van der Waals surface area contributed by atoms with Gasteiger partial charge in [-0.05, 0) is 23.3 Å². The molecule has 1 aromatic heterocycles. The first-order valence-corrected chi connectivity index (χ1v) is 8.25. The number of hydrogen-bond acceptors (Lipinski definition) is 4.